The number of ketones is 1. The quantitative estimate of drug-likeness (QED) is 0.621. The first-order valence-corrected chi connectivity index (χ1v) is 10.3. The van der Waals surface area contributed by atoms with E-state index < -0.39 is 17.7 Å². The first-order valence-electron chi connectivity index (χ1n) is 10.3. The molecule has 1 aliphatic rings. The SMILES string of the molecule is Cc1ccccc1C1C(C(=O)CCc2ccccc2)=C(O)C(=O)N1Cc1cccnc1. The molecule has 0 spiro atoms. The van der Waals surface area contributed by atoms with Crippen LogP contribution in [0.4, 0.5) is 0 Å². The number of carbonyl (C=O) groups excluding carboxylic acids is 2. The molecule has 0 saturated carbocycles. The van der Waals surface area contributed by atoms with Crippen LogP contribution in [-0.4, -0.2) is 26.7 Å². The molecule has 1 atom stereocenters. The van der Waals surface area contributed by atoms with E-state index in [9.17, 15) is 14.7 Å². The summed E-state index contributed by atoms with van der Waals surface area (Å²) in [6.45, 7) is 2.20. The highest BCUT2D eigenvalue weighted by Crippen LogP contribution is 2.40. The molecule has 0 aliphatic carbocycles. The number of amides is 1. The molecule has 2 aromatic carbocycles. The molecule has 1 aromatic heterocycles. The minimum Gasteiger partial charge on any atom is -0.503 e. The van der Waals surface area contributed by atoms with Crippen LogP contribution in [0.3, 0.4) is 0 Å². The maximum Gasteiger partial charge on any atom is 0.290 e. The van der Waals surface area contributed by atoms with Crippen LogP contribution in [0.15, 0.2) is 90.5 Å². The van der Waals surface area contributed by atoms with Crippen LogP contribution in [0, 0.1) is 6.92 Å². The van der Waals surface area contributed by atoms with Crippen LogP contribution >= 0.6 is 0 Å². The van der Waals surface area contributed by atoms with Crippen molar-refractivity contribution in [3.63, 3.8) is 0 Å². The monoisotopic (exact) mass is 412 g/mol. The highest BCUT2D eigenvalue weighted by molar-refractivity contribution is 6.09. The molecule has 3 aromatic rings. The average molecular weight is 412 g/mol. The van der Waals surface area contributed by atoms with Gasteiger partial charge in [0, 0.05) is 25.4 Å². The van der Waals surface area contributed by atoms with Crippen molar-refractivity contribution >= 4 is 11.7 Å². The van der Waals surface area contributed by atoms with Gasteiger partial charge in [0.2, 0.25) is 0 Å². The van der Waals surface area contributed by atoms with Gasteiger partial charge in [-0.2, -0.15) is 0 Å². The smallest absolute Gasteiger partial charge is 0.290 e. The predicted molar refractivity (Wildman–Crippen MR) is 118 cm³/mol. The zero-order valence-corrected chi connectivity index (χ0v) is 17.4. The lowest BCUT2D eigenvalue weighted by molar-refractivity contribution is -0.130. The van der Waals surface area contributed by atoms with Crippen LogP contribution in [0.2, 0.25) is 0 Å². The molecule has 1 amide bonds. The molecule has 1 N–H and O–H groups in total. The number of aromatic nitrogens is 1. The minimum atomic E-state index is -0.628. The summed E-state index contributed by atoms with van der Waals surface area (Å²) in [5.41, 5.74) is 3.85. The largest absolute Gasteiger partial charge is 0.503 e. The third-order valence-electron chi connectivity index (χ3n) is 5.65. The number of aryl methyl sites for hydroxylation is 2. The molecule has 156 valence electrons. The number of hydrogen-bond acceptors (Lipinski definition) is 4. The lowest BCUT2D eigenvalue weighted by Crippen LogP contribution is -2.31. The minimum absolute atomic E-state index is 0.180. The number of aliphatic hydroxyl groups is 1. The Hall–Kier alpha value is -3.73. The molecule has 31 heavy (non-hydrogen) atoms. The van der Waals surface area contributed by atoms with Gasteiger partial charge < -0.3 is 10.0 Å². The molecule has 1 aliphatic heterocycles. The van der Waals surface area contributed by atoms with Gasteiger partial charge in [-0.15, -0.1) is 0 Å². The van der Waals surface area contributed by atoms with Crippen molar-refractivity contribution in [1.29, 1.82) is 0 Å². The molecule has 0 bridgehead atoms. The van der Waals surface area contributed by atoms with Crippen LogP contribution in [-0.2, 0) is 22.6 Å². The van der Waals surface area contributed by atoms with Gasteiger partial charge in [-0.05, 0) is 41.7 Å². The number of rotatable bonds is 7. The Labute approximate surface area is 181 Å². The van der Waals surface area contributed by atoms with Gasteiger partial charge in [-0.1, -0.05) is 60.7 Å². The molecular weight excluding hydrogens is 388 g/mol. The van der Waals surface area contributed by atoms with Gasteiger partial charge in [-0.25, -0.2) is 0 Å². The van der Waals surface area contributed by atoms with Gasteiger partial charge in [0.05, 0.1) is 11.6 Å². The molecule has 0 radical (unpaired) electrons. The molecule has 5 heteroatoms. The van der Waals surface area contributed by atoms with Gasteiger partial charge in [-0.3, -0.25) is 14.6 Å². The summed E-state index contributed by atoms with van der Waals surface area (Å²) in [7, 11) is 0. The van der Waals surface area contributed by atoms with Crippen molar-refractivity contribution in [2.45, 2.75) is 32.4 Å². The Morgan fingerprint density at radius 2 is 1.71 bits per heavy atom. The number of Topliss-reactive ketones (excluding diaryl/α,β-unsaturated/α-hetero) is 1. The number of benzene rings is 2. The molecule has 0 saturated heterocycles. The zero-order valence-electron chi connectivity index (χ0n) is 17.4. The predicted octanol–water partition coefficient (Wildman–Crippen LogP) is 4.49. The van der Waals surface area contributed by atoms with Crippen molar-refractivity contribution in [2.75, 3.05) is 0 Å². The van der Waals surface area contributed by atoms with Crippen molar-refractivity contribution in [3.05, 3.63) is 113 Å². The Morgan fingerprint density at radius 3 is 2.42 bits per heavy atom. The van der Waals surface area contributed by atoms with Crippen molar-refractivity contribution in [2.24, 2.45) is 0 Å². The lowest BCUT2D eigenvalue weighted by atomic mass is 9.91. The fourth-order valence-corrected chi connectivity index (χ4v) is 4.04. The zero-order chi connectivity index (χ0) is 21.8. The highest BCUT2D eigenvalue weighted by atomic mass is 16.3. The summed E-state index contributed by atoms with van der Waals surface area (Å²) in [4.78, 5) is 32.0. The molecule has 4 rings (SSSR count). The number of carbonyl (C=O) groups is 2. The van der Waals surface area contributed by atoms with Gasteiger partial charge >= 0.3 is 0 Å². The van der Waals surface area contributed by atoms with Crippen LogP contribution < -0.4 is 0 Å². The normalized spacial score (nSPS) is 16.1. The molecule has 2 heterocycles. The maximum absolute atomic E-state index is 13.3. The fourth-order valence-electron chi connectivity index (χ4n) is 4.04. The Balaban J connectivity index is 1.68. The second-order valence-corrected chi connectivity index (χ2v) is 7.72. The van der Waals surface area contributed by atoms with E-state index in [1.807, 2.05) is 67.6 Å². The molecule has 1 unspecified atom stereocenters. The number of pyridine rings is 1. The first kappa shape index (κ1) is 20.5. The maximum atomic E-state index is 13.3. The summed E-state index contributed by atoms with van der Waals surface area (Å²) in [5, 5.41) is 10.7. The molecule has 0 fully saturated rings. The standard InChI is InChI=1S/C26H24N2O3/c1-18-8-5-6-12-21(18)24-23(22(29)14-13-19-9-3-2-4-10-19)25(30)26(31)28(24)17-20-11-7-15-27-16-20/h2-12,15-16,24,30H,13-14,17H2,1H3. The highest BCUT2D eigenvalue weighted by Gasteiger charge is 2.43. The summed E-state index contributed by atoms with van der Waals surface area (Å²) in [6.07, 6.45) is 4.13. The van der Waals surface area contributed by atoms with Gasteiger partial charge in [0.15, 0.2) is 11.5 Å². The van der Waals surface area contributed by atoms with Crippen molar-refractivity contribution in [1.82, 2.24) is 9.88 Å². The first-order chi connectivity index (χ1) is 15.1. The van der Waals surface area contributed by atoms with E-state index in [0.717, 1.165) is 22.3 Å². The summed E-state index contributed by atoms with van der Waals surface area (Å²) in [5.74, 6) is -1.19. The second-order valence-electron chi connectivity index (χ2n) is 7.72. The second kappa shape index (κ2) is 8.96. The van der Waals surface area contributed by atoms with E-state index in [0.29, 0.717) is 6.42 Å². The van der Waals surface area contributed by atoms with Crippen LogP contribution in [0.5, 0.6) is 0 Å². The van der Waals surface area contributed by atoms with Gasteiger partial charge in [0.1, 0.15) is 0 Å². The Morgan fingerprint density at radius 1 is 1.00 bits per heavy atom. The van der Waals surface area contributed by atoms with E-state index in [2.05, 4.69) is 4.98 Å². The van der Waals surface area contributed by atoms with Gasteiger partial charge in [0.25, 0.3) is 5.91 Å². The Bertz CT molecular complexity index is 1120. The third kappa shape index (κ3) is 4.26. The number of hydrogen-bond donors (Lipinski definition) is 1. The van der Waals surface area contributed by atoms with E-state index in [4.69, 9.17) is 0 Å². The average Bonchev–Trinajstić information content (AvgIpc) is 3.04. The lowest BCUT2D eigenvalue weighted by Gasteiger charge is -2.28. The summed E-state index contributed by atoms with van der Waals surface area (Å²) < 4.78 is 0. The van der Waals surface area contributed by atoms with Crippen LogP contribution in [0.1, 0.15) is 34.7 Å². The van der Waals surface area contributed by atoms with Crippen molar-refractivity contribution < 1.29 is 14.7 Å². The van der Waals surface area contributed by atoms with E-state index >= 15 is 0 Å². The molecular formula is C26H24N2O3. The topological polar surface area (TPSA) is 70.5 Å². The summed E-state index contributed by atoms with van der Waals surface area (Å²) in [6, 6.07) is 20.4. The fraction of sp³-hybridized carbons (Fsp3) is 0.192. The summed E-state index contributed by atoms with van der Waals surface area (Å²) >= 11 is 0. The van der Waals surface area contributed by atoms with E-state index in [1.165, 1.54) is 0 Å². The number of aliphatic hydroxyl groups excluding tert-OH is 1. The number of nitrogens with zero attached hydrogens (tertiary/aromatic N) is 2. The molecule has 5 nitrogen and oxygen atoms in total. The van der Waals surface area contributed by atoms with Crippen LogP contribution in [0.25, 0.3) is 0 Å². The van der Waals surface area contributed by atoms with E-state index in [1.54, 1.807) is 23.4 Å². The third-order valence-corrected chi connectivity index (χ3v) is 5.65. The van der Waals surface area contributed by atoms with E-state index in [-0.39, 0.29) is 24.3 Å². The Kier molecular flexibility index (Phi) is 5.94. The van der Waals surface area contributed by atoms with Crippen molar-refractivity contribution in [3.8, 4) is 0 Å².